The van der Waals surface area contributed by atoms with Gasteiger partial charge in [0.1, 0.15) is 0 Å². The minimum absolute atomic E-state index is 0.00113. The first-order valence-electron chi connectivity index (χ1n) is 10.4. The summed E-state index contributed by atoms with van der Waals surface area (Å²) < 4.78 is 5.07. The van der Waals surface area contributed by atoms with Gasteiger partial charge in [0.05, 0.1) is 0 Å². The normalized spacial score (nSPS) is 24.3. The molecule has 8 nitrogen and oxygen atoms in total. The molecule has 0 aromatic carbocycles. The summed E-state index contributed by atoms with van der Waals surface area (Å²) >= 11 is 0. The van der Waals surface area contributed by atoms with Crippen molar-refractivity contribution in [1.82, 2.24) is 25.1 Å². The van der Waals surface area contributed by atoms with Gasteiger partial charge in [-0.05, 0) is 50.1 Å². The quantitative estimate of drug-likeness (QED) is 0.682. The molecule has 1 saturated heterocycles. The van der Waals surface area contributed by atoms with Gasteiger partial charge in [0.25, 0.3) is 0 Å². The molecule has 1 aliphatic carbocycles. The van der Waals surface area contributed by atoms with Crippen LogP contribution in [0.3, 0.4) is 0 Å². The van der Waals surface area contributed by atoms with Crippen LogP contribution in [0.15, 0.2) is 6.20 Å². The molecule has 3 rings (SSSR count). The second-order valence-electron chi connectivity index (χ2n) is 8.08. The van der Waals surface area contributed by atoms with Crippen LogP contribution in [0.2, 0.25) is 0 Å². The zero-order chi connectivity index (χ0) is 20.1. The molecule has 156 valence electrons. The van der Waals surface area contributed by atoms with Crippen molar-refractivity contribution >= 4 is 12.0 Å². The maximum absolute atomic E-state index is 12.6. The van der Waals surface area contributed by atoms with E-state index in [2.05, 4.69) is 27.1 Å². The molecule has 0 spiro atoms. The van der Waals surface area contributed by atoms with Crippen molar-refractivity contribution in [3.8, 4) is 0 Å². The third-order valence-corrected chi connectivity index (χ3v) is 5.94. The summed E-state index contributed by atoms with van der Waals surface area (Å²) in [4.78, 5) is 25.5. The third kappa shape index (κ3) is 4.91. The molecule has 0 unspecified atom stereocenters. The van der Waals surface area contributed by atoms with Crippen molar-refractivity contribution in [2.45, 2.75) is 51.1 Å². The second-order valence-corrected chi connectivity index (χ2v) is 8.08. The number of carbonyl (C=O) groups excluding carboxylic acids is 1. The Labute approximate surface area is 167 Å². The Morgan fingerprint density at radius 2 is 2.29 bits per heavy atom. The molecular weight excluding hydrogens is 356 g/mol. The molecular formula is C20H34N6O2. The predicted molar refractivity (Wildman–Crippen MR) is 109 cm³/mol. The van der Waals surface area contributed by atoms with E-state index in [9.17, 15) is 4.79 Å². The van der Waals surface area contributed by atoms with Gasteiger partial charge in [-0.3, -0.25) is 4.90 Å². The van der Waals surface area contributed by atoms with Gasteiger partial charge in [-0.2, -0.15) is 0 Å². The largest absolute Gasteiger partial charge is 0.385 e. The Bertz CT molecular complexity index is 670. The molecule has 2 aliphatic rings. The molecule has 2 heterocycles. The van der Waals surface area contributed by atoms with E-state index in [1.54, 1.807) is 12.0 Å². The highest BCUT2D eigenvalue weighted by Crippen LogP contribution is 2.34. The number of nitrogens with one attached hydrogen (secondary N) is 1. The minimum atomic E-state index is -0.00113. The van der Waals surface area contributed by atoms with Crippen LogP contribution in [0, 0.1) is 5.92 Å². The molecule has 0 bridgehead atoms. The van der Waals surface area contributed by atoms with E-state index < -0.39 is 0 Å². The van der Waals surface area contributed by atoms with Crippen molar-refractivity contribution in [2.75, 3.05) is 46.1 Å². The number of piperidine rings is 1. The number of nitrogen functional groups attached to an aromatic ring is 1. The van der Waals surface area contributed by atoms with E-state index in [-0.39, 0.29) is 12.1 Å². The number of fused-ring (bicyclic) bond motifs is 2. The summed E-state index contributed by atoms with van der Waals surface area (Å²) in [5.74, 6) is 0.826. The van der Waals surface area contributed by atoms with Gasteiger partial charge in [0.15, 0.2) is 0 Å². The van der Waals surface area contributed by atoms with Crippen LogP contribution in [0.5, 0.6) is 0 Å². The number of hydrogen-bond donors (Lipinski definition) is 2. The minimum Gasteiger partial charge on any atom is -0.385 e. The number of nitrogens with two attached hydrogens (primary N) is 1. The summed E-state index contributed by atoms with van der Waals surface area (Å²) in [6.07, 6.45) is 6.69. The first-order chi connectivity index (χ1) is 13.5. The van der Waals surface area contributed by atoms with Gasteiger partial charge in [0.2, 0.25) is 5.95 Å². The maximum atomic E-state index is 12.6. The van der Waals surface area contributed by atoms with Crippen molar-refractivity contribution < 1.29 is 9.53 Å². The highest BCUT2D eigenvalue weighted by Gasteiger charge is 2.40. The molecule has 8 heteroatoms. The van der Waals surface area contributed by atoms with Crippen LogP contribution in [0.25, 0.3) is 0 Å². The molecule has 1 fully saturated rings. The Morgan fingerprint density at radius 1 is 1.46 bits per heavy atom. The van der Waals surface area contributed by atoms with E-state index in [0.717, 1.165) is 50.9 Å². The van der Waals surface area contributed by atoms with E-state index in [4.69, 9.17) is 10.5 Å². The zero-order valence-corrected chi connectivity index (χ0v) is 17.4. The third-order valence-electron chi connectivity index (χ3n) is 5.94. The highest BCUT2D eigenvalue weighted by molar-refractivity contribution is 5.74. The van der Waals surface area contributed by atoms with Crippen molar-refractivity contribution in [3.05, 3.63) is 17.5 Å². The van der Waals surface area contributed by atoms with Crippen LogP contribution < -0.4 is 11.1 Å². The van der Waals surface area contributed by atoms with Crippen LogP contribution in [-0.2, 0) is 17.6 Å². The number of amides is 2. The Morgan fingerprint density at radius 3 is 3.04 bits per heavy atom. The fraction of sp³-hybridized carbons (Fsp3) is 0.750. The van der Waals surface area contributed by atoms with Crippen molar-refractivity contribution in [3.63, 3.8) is 0 Å². The number of urea groups is 1. The lowest BCUT2D eigenvalue weighted by atomic mass is 9.76. The standard InChI is InChI=1S/C20H34N6O2/c1-4-6-26-13-16(23-20(27)25(2)7-5-8-28-3)9-14-10-17-15(11-18(14)26)12-22-19(21)24-17/h12,14,16,18H,4-11,13H2,1-3H3,(H,23,27)(H2,21,22,24)/t14-,16+,18-/m1/s1. The van der Waals surface area contributed by atoms with Gasteiger partial charge < -0.3 is 20.7 Å². The van der Waals surface area contributed by atoms with E-state index in [0.29, 0.717) is 31.1 Å². The number of aromatic nitrogens is 2. The lowest BCUT2D eigenvalue weighted by Gasteiger charge is -2.47. The lowest BCUT2D eigenvalue weighted by molar-refractivity contribution is 0.0628. The second kappa shape index (κ2) is 9.52. The molecule has 2 amide bonds. The monoisotopic (exact) mass is 390 g/mol. The first kappa shape index (κ1) is 20.8. The number of anilines is 1. The molecule has 0 saturated carbocycles. The number of likely N-dealkylation sites (tertiary alicyclic amines) is 1. The first-order valence-corrected chi connectivity index (χ1v) is 10.4. The summed E-state index contributed by atoms with van der Waals surface area (Å²) in [5, 5.41) is 3.25. The SMILES string of the molecule is CCCN1C[C@@H](NC(=O)N(C)CCCOC)C[C@@H]2Cc3nc(N)ncc3C[C@H]21. The number of ether oxygens (including phenoxy) is 1. The van der Waals surface area contributed by atoms with Gasteiger partial charge in [-0.15, -0.1) is 0 Å². The lowest BCUT2D eigenvalue weighted by Crippen LogP contribution is -2.59. The molecule has 1 aromatic heterocycles. The predicted octanol–water partition coefficient (Wildman–Crippen LogP) is 1.30. The zero-order valence-electron chi connectivity index (χ0n) is 17.4. The summed E-state index contributed by atoms with van der Waals surface area (Å²) in [7, 11) is 3.53. The van der Waals surface area contributed by atoms with Crippen molar-refractivity contribution in [1.29, 1.82) is 0 Å². The van der Waals surface area contributed by atoms with Crippen LogP contribution in [0.1, 0.15) is 37.4 Å². The molecule has 1 aromatic rings. The number of nitrogens with zero attached hydrogens (tertiary/aromatic N) is 4. The van der Waals surface area contributed by atoms with E-state index in [1.165, 1.54) is 5.56 Å². The molecule has 1 aliphatic heterocycles. The van der Waals surface area contributed by atoms with Crippen LogP contribution in [-0.4, -0.2) is 78.3 Å². The summed E-state index contributed by atoms with van der Waals surface area (Å²) in [6.45, 7) is 5.52. The Hall–Kier alpha value is -1.93. The fourth-order valence-electron chi connectivity index (χ4n) is 4.59. The Balaban J connectivity index is 1.65. The fourth-order valence-corrected chi connectivity index (χ4v) is 4.59. The number of carbonyl (C=O) groups is 1. The molecule has 3 N–H and O–H groups in total. The average molecular weight is 391 g/mol. The molecule has 28 heavy (non-hydrogen) atoms. The van der Waals surface area contributed by atoms with Gasteiger partial charge >= 0.3 is 6.03 Å². The number of hydrogen-bond acceptors (Lipinski definition) is 6. The maximum Gasteiger partial charge on any atom is 0.317 e. The Kier molecular flexibility index (Phi) is 7.07. The van der Waals surface area contributed by atoms with E-state index >= 15 is 0 Å². The van der Waals surface area contributed by atoms with Crippen molar-refractivity contribution in [2.24, 2.45) is 5.92 Å². The van der Waals surface area contributed by atoms with Crippen LogP contribution >= 0.6 is 0 Å². The highest BCUT2D eigenvalue weighted by atomic mass is 16.5. The summed E-state index contributed by atoms with van der Waals surface area (Å²) in [6, 6.07) is 0.650. The summed E-state index contributed by atoms with van der Waals surface area (Å²) in [5.41, 5.74) is 8.09. The van der Waals surface area contributed by atoms with Gasteiger partial charge in [-0.25, -0.2) is 14.8 Å². The van der Waals surface area contributed by atoms with Gasteiger partial charge in [0, 0.05) is 57.8 Å². The molecule has 3 atom stereocenters. The topological polar surface area (TPSA) is 96.6 Å². The molecule has 0 radical (unpaired) electrons. The van der Waals surface area contributed by atoms with E-state index in [1.807, 2.05) is 13.2 Å². The smallest absolute Gasteiger partial charge is 0.317 e. The number of methoxy groups -OCH3 is 1. The van der Waals surface area contributed by atoms with Gasteiger partial charge in [-0.1, -0.05) is 6.92 Å². The number of rotatable bonds is 7. The van der Waals surface area contributed by atoms with Crippen LogP contribution in [0.4, 0.5) is 10.7 Å². The average Bonchev–Trinajstić information content (AvgIpc) is 2.67.